The minimum atomic E-state index is -4.77. The second-order valence-corrected chi connectivity index (χ2v) is 4.63. The molecule has 6 heteroatoms. The summed E-state index contributed by atoms with van der Waals surface area (Å²) >= 11 is 0. The molecule has 1 aromatic carbocycles. The molecule has 1 aromatic rings. The summed E-state index contributed by atoms with van der Waals surface area (Å²) in [4.78, 5) is 11.0. The van der Waals surface area contributed by atoms with Gasteiger partial charge in [0.25, 0.3) is 0 Å². The average molecular weight is 286 g/mol. The zero-order valence-corrected chi connectivity index (χ0v) is 10.9. The highest BCUT2D eigenvalue weighted by Gasteiger charge is 2.48. The van der Waals surface area contributed by atoms with Crippen LogP contribution in [0.15, 0.2) is 17.7 Å². The Labute approximate surface area is 113 Å². The van der Waals surface area contributed by atoms with Gasteiger partial charge in [0.15, 0.2) is 0 Å². The number of rotatable bonds is 2. The van der Waals surface area contributed by atoms with Crippen molar-refractivity contribution < 1.29 is 27.8 Å². The van der Waals surface area contributed by atoms with E-state index in [1.54, 1.807) is 19.1 Å². The number of hydrogen-bond donors (Lipinski definition) is 1. The van der Waals surface area contributed by atoms with E-state index in [1.165, 1.54) is 0 Å². The molecule has 1 heterocycles. The lowest BCUT2D eigenvalue weighted by Gasteiger charge is -2.28. The van der Waals surface area contributed by atoms with Gasteiger partial charge in [-0.25, -0.2) is 4.79 Å². The van der Waals surface area contributed by atoms with Gasteiger partial charge < -0.3 is 9.84 Å². The van der Waals surface area contributed by atoms with Crippen LogP contribution in [0, 0.1) is 6.92 Å². The van der Waals surface area contributed by atoms with Crippen molar-refractivity contribution in [2.75, 3.05) is 0 Å². The van der Waals surface area contributed by atoms with Crippen molar-refractivity contribution in [3.8, 4) is 5.75 Å². The zero-order chi connectivity index (χ0) is 15.1. The number of carboxylic acid groups (broad SMARTS) is 1. The van der Waals surface area contributed by atoms with Gasteiger partial charge in [0, 0.05) is 5.56 Å². The van der Waals surface area contributed by atoms with Crippen LogP contribution in [0.25, 0.3) is 6.08 Å². The number of fused-ring (bicyclic) bond motifs is 1. The van der Waals surface area contributed by atoms with Gasteiger partial charge in [0.2, 0.25) is 6.10 Å². The van der Waals surface area contributed by atoms with E-state index < -0.39 is 23.8 Å². The lowest BCUT2D eigenvalue weighted by Crippen LogP contribution is -2.40. The molecule has 0 saturated heterocycles. The summed E-state index contributed by atoms with van der Waals surface area (Å²) in [5, 5.41) is 8.95. The fraction of sp³-hybridized carbons (Fsp3) is 0.357. The highest BCUT2D eigenvalue weighted by Crippen LogP contribution is 2.39. The van der Waals surface area contributed by atoms with E-state index in [0.29, 0.717) is 17.5 Å². The van der Waals surface area contributed by atoms with E-state index in [4.69, 9.17) is 9.84 Å². The molecule has 1 aliphatic rings. The molecule has 3 nitrogen and oxygen atoms in total. The quantitative estimate of drug-likeness (QED) is 0.907. The van der Waals surface area contributed by atoms with Gasteiger partial charge in [-0.15, -0.1) is 0 Å². The molecule has 0 radical (unpaired) electrons. The van der Waals surface area contributed by atoms with Crippen LogP contribution in [-0.4, -0.2) is 23.4 Å². The largest absolute Gasteiger partial charge is 0.478 e. The Balaban J connectivity index is 2.60. The van der Waals surface area contributed by atoms with Crippen molar-refractivity contribution in [2.45, 2.75) is 32.5 Å². The van der Waals surface area contributed by atoms with Crippen molar-refractivity contribution in [1.82, 2.24) is 0 Å². The molecule has 1 atom stereocenters. The van der Waals surface area contributed by atoms with Gasteiger partial charge in [0.05, 0.1) is 5.57 Å². The van der Waals surface area contributed by atoms with Gasteiger partial charge in [0.1, 0.15) is 5.75 Å². The van der Waals surface area contributed by atoms with Crippen LogP contribution < -0.4 is 4.74 Å². The summed E-state index contributed by atoms with van der Waals surface area (Å²) in [6.07, 6.45) is -5.45. The summed E-state index contributed by atoms with van der Waals surface area (Å²) in [6.45, 7) is 3.55. The number of alkyl halides is 3. The van der Waals surface area contributed by atoms with Crippen molar-refractivity contribution in [3.63, 3.8) is 0 Å². The van der Waals surface area contributed by atoms with Gasteiger partial charge in [-0.1, -0.05) is 13.0 Å². The highest BCUT2D eigenvalue weighted by atomic mass is 19.4. The molecule has 0 saturated carbocycles. The van der Waals surface area contributed by atoms with E-state index in [2.05, 4.69) is 0 Å². The lowest BCUT2D eigenvalue weighted by molar-refractivity contribution is -0.187. The molecule has 0 fully saturated rings. The third kappa shape index (κ3) is 2.50. The first-order valence-electron chi connectivity index (χ1n) is 6.05. The standard InChI is InChI=1S/C14H13F3O3/c1-3-8-4-7(2)11-9(5-8)6-10(13(18)19)12(20-11)14(15,16)17/h4-6,12H,3H2,1-2H3,(H,18,19)/t12-/m0/s1. The Bertz CT molecular complexity index is 588. The third-order valence-corrected chi connectivity index (χ3v) is 3.14. The second-order valence-electron chi connectivity index (χ2n) is 4.63. The Hall–Kier alpha value is -1.98. The molecular weight excluding hydrogens is 273 g/mol. The molecule has 108 valence electrons. The van der Waals surface area contributed by atoms with Crippen LogP contribution in [0.4, 0.5) is 13.2 Å². The lowest BCUT2D eigenvalue weighted by atomic mass is 9.96. The van der Waals surface area contributed by atoms with Crippen LogP contribution in [0.1, 0.15) is 23.6 Å². The summed E-state index contributed by atoms with van der Waals surface area (Å²) in [6, 6.07) is 3.39. The van der Waals surface area contributed by atoms with Crippen LogP contribution in [-0.2, 0) is 11.2 Å². The van der Waals surface area contributed by atoms with Crippen LogP contribution in [0.5, 0.6) is 5.75 Å². The first-order chi connectivity index (χ1) is 9.24. The Morgan fingerprint density at radius 1 is 1.40 bits per heavy atom. The number of aliphatic carboxylic acids is 1. The van der Waals surface area contributed by atoms with Gasteiger partial charge in [-0.05, 0) is 36.6 Å². The monoisotopic (exact) mass is 286 g/mol. The number of carbonyl (C=O) groups is 1. The fourth-order valence-electron chi connectivity index (χ4n) is 2.19. The maximum absolute atomic E-state index is 12.9. The van der Waals surface area contributed by atoms with E-state index >= 15 is 0 Å². The van der Waals surface area contributed by atoms with Crippen LogP contribution >= 0.6 is 0 Å². The highest BCUT2D eigenvalue weighted by molar-refractivity contribution is 5.95. The molecule has 20 heavy (non-hydrogen) atoms. The molecular formula is C14H13F3O3. The van der Waals surface area contributed by atoms with E-state index in [-0.39, 0.29) is 5.75 Å². The maximum atomic E-state index is 12.9. The first-order valence-corrected chi connectivity index (χ1v) is 6.05. The minimum absolute atomic E-state index is 0.0922. The summed E-state index contributed by atoms with van der Waals surface area (Å²) in [7, 11) is 0. The van der Waals surface area contributed by atoms with Crippen LogP contribution in [0.2, 0.25) is 0 Å². The third-order valence-electron chi connectivity index (χ3n) is 3.14. The summed E-state index contributed by atoms with van der Waals surface area (Å²) in [5.41, 5.74) is 1.06. The predicted octanol–water partition coefficient (Wildman–Crippen LogP) is 3.35. The van der Waals surface area contributed by atoms with Crippen molar-refractivity contribution in [1.29, 1.82) is 0 Å². The molecule has 1 N–H and O–H groups in total. The molecule has 0 aromatic heterocycles. The number of benzene rings is 1. The number of aryl methyl sites for hydroxylation is 2. The molecule has 1 aliphatic heterocycles. The van der Waals surface area contributed by atoms with Crippen LogP contribution in [0.3, 0.4) is 0 Å². The molecule has 0 unspecified atom stereocenters. The molecule has 0 bridgehead atoms. The fourth-order valence-corrected chi connectivity index (χ4v) is 2.19. The van der Waals surface area contributed by atoms with Crippen molar-refractivity contribution >= 4 is 12.0 Å². The Morgan fingerprint density at radius 3 is 2.55 bits per heavy atom. The van der Waals surface area contributed by atoms with Gasteiger partial charge in [-0.2, -0.15) is 13.2 Å². The summed E-state index contributed by atoms with van der Waals surface area (Å²) < 4.78 is 43.6. The minimum Gasteiger partial charge on any atom is -0.478 e. The van der Waals surface area contributed by atoms with Crippen molar-refractivity contribution in [3.05, 3.63) is 34.4 Å². The SMILES string of the molecule is CCc1cc(C)c2c(c1)C=C(C(=O)O)[C@@H](C(F)(F)F)O2. The number of carboxylic acids is 1. The molecule has 0 amide bonds. The van der Waals surface area contributed by atoms with Gasteiger partial charge >= 0.3 is 12.1 Å². The zero-order valence-electron chi connectivity index (χ0n) is 10.9. The Kier molecular flexibility index (Phi) is 3.50. The van der Waals surface area contributed by atoms with Gasteiger partial charge in [-0.3, -0.25) is 0 Å². The van der Waals surface area contributed by atoms with E-state index in [9.17, 15) is 18.0 Å². The van der Waals surface area contributed by atoms with E-state index in [1.807, 2.05) is 6.92 Å². The number of ether oxygens (including phenoxy) is 1. The van der Waals surface area contributed by atoms with E-state index in [0.717, 1.165) is 11.6 Å². The van der Waals surface area contributed by atoms with Crippen molar-refractivity contribution in [2.24, 2.45) is 0 Å². The Morgan fingerprint density at radius 2 is 2.05 bits per heavy atom. The number of halogens is 3. The average Bonchev–Trinajstić information content (AvgIpc) is 2.35. The predicted molar refractivity (Wildman–Crippen MR) is 66.6 cm³/mol. The first kappa shape index (κ1) is 14.4. The normalized spacial score (nSPS) is 18.1. The summed E-state index contributed by atoms with van der Waals surface area (Å²) in [5.74, 6) is -1.54. The maximum Gasteiger partial charge on any atom is 0.430 e. The number of hydrogen-bond acceptors (Lipinski definition) is 2. The smallest absolute Gasteiger partial charge is 0.430 e. The topological polar surface area (TPSA) is 46.5 Å². The molecule has 2 rings (SSSR count). The second kappa shape index (κ2) is 4.85. The molecule has 0 aliphatic carbocycles. The molecule has 0 spiro atoms.